The molecule has 0 bridgehead atoms. The number of hydrogen-bond acceptors (Lipinski definition) is 5. The minimum absolute atomic E-state index is 0.0806. The van der Waals surface area contributed by atoms with Gasteiger partial charge in [0.15, 0.2) is 11.1 Å². The fraction of sp³-hybridized carbons (Fsp3) is 0.192. The van der Waals surface area contributed by atoms with E-state index in [1.807, 2.05) is 19.9 Å². The molecule has 3 rings (SSSR count). The number of carboxylic acid groups (broad SMARTS) is 1. The average Bonchev–Trinajstić information content (AvgIpc) is 2.77. The molecule has 2 N–H and O–H groups in total. The Bertz CT molecular complexity index is 1410. The van der Waals surface area contributed by atoms with Crippen molar-refractivity contribution in [1.29, 1.82) is 0 Å². The summed E-state index contributed by atoms with van der Waals surface area (Å²) in [5.74, 6) is 0.678. The number of nitrogens with one attached hydrogen (secondary N) is 1. The monoisotopic (exact) mass is 446 g/mol. The number of fused-ring (bicyclic) bond motifs is 1. The number of halogens is 1. The van der Waals surface area contributed by atoms with E-state index in [0.717, 1.165) is 5.56 Å². The van der Waals surface area contributed by atoms with Crippen molar-refractivity contribution < 1.29 is 18.7 Å². The van der Waals surface area contributed by atoms with E-state index in [1.165, 1.54) is 25.3 Å². The van der Waals surface area contributed by atoms with Crippen LogP contribution >= 0.6 is 0 Å². The molecule has 0 amide bonds. The van der Waals surface area contributed by atoms with Crippen LogP contribution in [0.1, 0.15) is 52.8 Å². The van der Waals surface area contributed by atoms with Crippen molar-refractivity contribution in [2.24, 2.45) is 0 Å². The molecule has 0 radical (unpaired) electrons. The molecular weight excluding hydrogens is 423 g/mol. The van der Waals surface area contributed by atoms with Gasteiger partial charge >= 0.3 is 5.97 Å². The van der Waals surface area contributed by atoms with Crippen molar-refractivity contribution in [3.8, 4) is 12.3 Å². The molecule has 2 aromatic heterocycles. The van der Waals surface area contributed by atoms with Gasteiger partial charge in [-0.15, -0.1) is 6.42 Å². The highest BCUT2D eigenvalue weighted by Gasteiger charge is 2.21. The fourth-order valence-corrected chi connectivity index (χ4v) is 3.63. The van der Waals surface area contributed by atoms with Crippen LogP contribution < -0.4 is 10.7 Å². The quantitative estimate of drug-likeness (QED) is 0.380. The lowest BCUT2D eigenvalue weighted by molar-refractivity contribution is 0.0691. The third-order valence-electron chi connectivity index (χ3n) is 5.20. The Morgan fingerprint density at radius 3 is 2.73 bits per heavy atom. The van der Waals surface area contributed by atoms with Crippen LogP contribution in [0.4, 0.5) is 10.1 Å². The highest BCUT2D eigenvalue weighted by Crippen LogP contribution is 2.32. The van der Waals surface area contributed by atoms with Gasteiger partial charge in [-0.25, -0.2) is 14.2 Å². The molecule has 0 fully saturated rings. The Balaban J connectivity index is 2.25. The number of pyridine rings is 1. The van der Waals surface area contributed by atoms with Gasteiger partial charge in [0.2, 0.25) is 0 Å². The molecule has 0 aliphatic heterocycles. The molecular formula is C26H23FN2O4. The van der Waals surface area contributed by atoms with Gasteiger partial charge in [-0.05, 0) is 63.6 Å². The zero-order valence-electron chi connectivity index (χ0n) is 18.7. The number of terminal acetylenes is 1. The standard InChI is InChI=1S/C26H23FN2O4/c1-6-7-9-18(16(4)27)24-15(3)23(30)20-13-14(2)12-19(25(20)33-24)17(5)29-21-10-8-11-28-22(21)26(31)32/h1,7-13,17,29H,2-5H3,(H,31,32)/b9-7-,18-16-. The van der Waals surface area contributed by atoms with Crippen LogP contribution in [0.15, 0.2) is 57.7 Å². The van der Waals surface area contributed by atoms with Crippen molar-refractivity contribution in [2.45, 2.75) is 33.7 Å². The summed E-state index contributed by atoms with van der Waals surface area (Å²) in [6.45, 7) is 6.49. The van der Waals surface area contributed by atoms with E-state index < -0.39 is 17.8 Å². The molecule has 0 aliphatic rings. The van der Waals surface area contributed by atoms with E-state index >= 15 is 0 Å². The molecule has 0 saturated carbocycles. The Kier molecular flexibility index (Phi) is 6.78. The van der Waals surface area contributed by atoms with Crippen LogP contribution in [0.2, 0.25) is 0 Å². The number of carbonyl (C=O) groups is 1. The first-order valence-electron chi connectivity index (χ1n) is 10.2. The minimum Gasteiger partial charge on any atom is -0.476 e. The summed E-state index contributed by atoms with van der Waals surface area (Å²) >= 11 is 0. The van der Waals surface area contributed by atoms with Crippen molar-refractivity contribution in [1.82, 2.24) is 4.98 Å². The third-order valence-corrected chi connectivity index (χ3v) is 5.20. The lowest BCUT2D eigenvalue weighted by Crippen LogP contribution is -2.15. The lowest BCUT2D eigenvalue weighted by atomic mass is 9.98. The maximum atomic E-state index is 14.3. The molecule has 33 heavy (non-hydrogen) atoms. The number of anilines is 1. The maximum absolute atomic E-state index is 14.3. The summed E-state index contributed by atoms with van der Waals surface area (Å²) in [4.78, 5) is 28.6. The maximum Gasteiger partial charge on any atom is 0.356 e. The number of benzene rings is 1. The normalized spacial score (nSPS) is 13.0. The average molecular weight is 446 g/mol. The van der Waals surface area contributed by atoms with Crippen molar-refractivity contribution >= 4 is 28.2 Å². The molecule has 1 aromatic carbocycles. The van der Waals surface area contributed by atoms with E-state index in [2.05, 4.69) is 16.2 Å². The number of rotatable bonds is 6. The molecule has 168 valence electrons. The first-order valence-corrected chi connectivity index (χ1v) is 10.2. The third kappa shape index (κ3) is 4.70. The minimum atomic E-state index is -1.17. The summed E-state index contributed by atoms with van der Waals surface area (Å²) in [7, 11) is 0. The van der Waals surface area contributed by atoms with Gasteiger partial charge in [0.05, 0.1) is 17.1 Å². The van der Waals surface area contributed by atoms with Gasteiger partial charge in [0.1, 0.15) is 17.2 Å². The molecule has 0 aliphatic carbocycles. The largest absolute Gasteiger partial charge is 0.476 e. The number of aryl methyl sites for hydroxylation is 1. The number of allylic oxidation sites excluding steroid dienone is 4. The van der Waals surface area contributed by atoms with Crippen molar-refractivity contribution in [3.05, 3.63) is 86.8 Å². The van der Waals surface area contributed by atoms with E-state index in [-0.39, 0.29) is 33.6 Å². The van der Waals surface area contributed by atoms with Crippen LogP contribution in [-0.2, 0) is 0 Å². The second kappa shape index (κ2) is 9.53. The number of hydrogen-bond donors (Lipinski definition) is 2. The van der Waals surface area contributed by atoms with Crippen LogP contribution in [0.3, 0.4) is 0 Å². The summed E-state index contributed by atoms with van der Waals surface area (Å²) in [6.07, 6.45) is 9.38. The Labute approximate surface area is 190 Å². The van der Waals surface area contributed by atoms with Gasteiger partial charge < -0.3 is 14.8 Å². The zero-order valence-corrected chi connectivity index (χ0v) is 18.7. The van der Waals surface area contributed by atoms with Gasteiger partial charge in [0, 0.05) is 22.9 Å². The Morgan fingerprint density at radius 1 is 1.36 bits per heavy atom. The highest BCUT2D eigenvalue weighted by molar-refractivity contribution is 5.92. The summed E-state index contributed by atoms with van der Waals surface area (Å²) in [6, 6.07) is 6.31. The van der Waals surface area contributed by atoms with Crippen LogP contribution in [-0.4, -0.2) is 16.1 Å². The molecule has 1 unspecified atom stereocenters. The Morgan fingerprint density at radius 2 is 2.09 bits per heavy atom. The predicted molar refractivity (Wildman–Crippen MR) is 127 cm³/mol. The first kappa shape index (κ1) is 23.5. The topological polar surface area (TPSA) is 92.4 Å². The molecule has 7 heteroatoms. The second-order valence-corrected chi connectivity index (χ2v) is 7.63. The number of carboxylic acids is 1. The van der Waals surface area contributed by atoms with E-state index in [4.69, 9.17) is 10.8 Å². The molecule has 0 spiro atoms. The SMILES string of the molecule is C#C/C=C\C(=C(/C)F)c1oc2c(C(C)Nc3cccnc3C(=O)O)cc(C)cc2c(=O)c1C. The van der Waals surface area contributed by atoms with E-state index in [9.17, 15) is 19.1 Å². The predicted octanol–water partition coefficient (Wildman–Crippen LogP) is 5.57. The summed E-state index contributed by atoms with van der Waals surface area (Å²) in [5, 5.41) is 12.9. The number of aromatic nitrogens is 1. The second-order valence-electron chi connectivity index (χ2n) is 7.63. The van der Waals surface area contributed by atoms with E-state index in [1.54, 1.807) is 25.1 Å². The van der Waals surface area contributed by atoms with Crippen LogP contribution in [0.25, 0.3) is 16.5 Å². The molecule has 1 atom stereocenters. The van der Waals surface area contributed by atoms with Crippen molar-refractivity contribution in [2.75, 3.05) is 5.32 Å². The van der Waals surface area contributed by atoms with Crippen LogP contribution in [0.5, 0.6) is 0 Å². The van der Waals surface area contributed by atoms with Gasteiger partial charge in [-0.1, -0.05) is 12.0 Å². The molecule has 3 aromatic rings. The van der Waals surface area contributed by atoms with Gasteiger partial charge in [-0.3, -0.25) is 4.79 Å². The summed E-state index contributed by atoms with van der Waals surface area (Å²) in [5.41, 5.74) is 1.95. The smallest absolute Gasteiger partial charge is 0.356 e. The lowest BCUT2D eigenvalue weighted by Gasteiger charge is -2.19. The zero-order chi connectivity index (χ0) is 24.3. The molecule has 6 nitrogen and oxygen atoms in total. The highest BCUT2D eigenvalue weighted by atomic mass is 19.1. The molecule has 2 heterocycles. The first-order chi connectivity index (χ1) is 15.6. The van der Waals surface area contributed by atoms with Gasteiger partial charge in [-0.2, -0.15) is 0 Å². The van der Waals surface area contributed by atoms with Crippen molar-refractivity contribution in [3.63, 3.8) is 0 Å². The van der Waals surface area contributed by atoms with Gasteiger partial charge in [0.25, 0.3) is 0 Å². The number of nitrogens with zero attached hydrogens (tertiary/aromatic N) is 1. The number of aromatic carboxylic acids is 1. The molecule has 0 saturated heterocycles. The summed E-state index contributed by atoms with van der Waals surface area (Å²) < 4.78 is 20.5. The Hall–Kier alpha value is -4.18. The van der Waals surface area contributed by atoms with E-state index in [0.29, 0.717) is 16.6 Å². The van der Waals surface area contributed by atoms with Crippen LogP contribution in [0, 0.1) is 26.2 Å². The fourth-order valence-electron chi connectivity index (χ4n) is 3.63.